The van der Waals surface area contributed by atoms with Crippen LogP contribution in [-0.4, -0.2) is 37.9 Å². The number of anilines is 1. The number of benzene rings is 5. The maximum atomic E-state index is 13.7. The Balaban J connectivity index is 1.19. The van der Waals surface area contributed by atoms with E-state index in [4.69, 9.17) is 9.15 Å². The topological polar surface area (TPSA) is 143 Å². The second-order valence-corrected chi connectivity index (χ2v) is 14.7. The Labute approximate surface area is 289 Å². The van der Waals surface area contributed by atoms with Crippen molar-refractivity contribution in [2.45, 2.75) is 6.92 Å². The summed E-state index contributed by atoms with van der Waals surface area (Å²) in [6.45, 7) is 1.33. The smallest absolute Gasteiger partial charge is 0.360 e. The van der Waals surface area contributed by atoms with Crippen LogP contribution in [0.25, 0.3) is 11.0 Å². The van der Waals surface area contributed by atoms with E-state index in [0.29, 0.717) is 10.9 Å². The quantitative estimate of drug-likeness (QED) is 0.0622. The van der Waals surface area contributed by atoms with Gasteiger partial charge in [-0.2, -0.15) is 8.42 Å². The van der Waals surface area contributed by atoms with Crippen LogP contribution in [0, 0.1) is 6.92 Å². The minimum Gasteiger partial charge on any atom is -0.423 e. The van der Waals surface area contributed by atoms with E-state index in [1.165, 1.54) is 30.3 Å². The normalized spacial score (nSPS) is 11.3. The fourth-order valence-corrected chi connectivity index (χ4v) is 8.50. The van der Waals surface area contributed by atoms with Gasteiger partial charge in [0.15, 0.2) is 0 Å². The lowest BCUT2D eigenvalue weighted by Crippen LogP contribution is -2.39. The van der Waals surface area contributed by atoms with E-state index in [9.17, 15) is 27.4 Å². The number of hydrogen-bond donors (Lipinski definition) is 2. The summed E-state index contributed by atoms with van der Waals surface area (Å²) in [6, 6.07) is 39.5. The molecule has 0 radical (unpaired) electrons. The number of rotatable bonds is 11. The molecule has 0 fully saturated rings. The molecule has 0 aliphatic carbocycles. The number of fused-ring (bicyclic) bond motifs is 1. The van der Waals surface area contributed by atoms with E-state index in [1.807, 2.05) is 79.7 Å². The fraction of sp³-hybridized carbons (Fsp3) is 0.0789. The molecule has 5 aromatic carbocycles. The van der Waals surface area contributed by atoms with Gasteiger partial charge in [-0.3, -0.25) is 9.35 Å². The van der Waals surface area contributed by atoms with Crippen LogP contribution in [0.5, 0.6) is 5.75 Å². The van der Waals surface area contributed by atoms with E-state index >= 15 is 0 Å². The van der Waals surface area contributed by atoms with Gasteiger partial charge < -0.3 is 14.5 Å². The zero-order valence-corrected chi connectivity index (χ0v) is 28.4. The lowest BCUT2D eigenvalue weighted by molar-refractivity contribution is 0.0736. The van der Waals surface area contributed by atoms with Crippen LogP contribution in [0.1, 0.15) is 26.3 Å². The molecule has 12 heteroatoms. The second kappa shape index (κ2) is 14.9. The highest BCUT2D eigenvalue weighted by Crippen LogP contribution is 2.34. The van der Waals surface area contributed by atoms with Gasteiger partial charge in [0, 0.05) is 18.0 Å². The molecule has 0 spiro atoms. The lowest BCUT2D eigenvalue weighted by Gasteiger charge is -2.21. The van der Waals surface area contributed by atoms with Crippen LogP contribution in [0.3, 0.4) is 0 Å². The number of carbonyl (C=O) groups excluding carboxylic acids is 2. The predicted octanol–water partition coefficient (Wildman–Crippen LogP) is 5.12. The molecule has 0 unspecified atom stereocenters. The first-order valence-corrected chi connectivity index (χ1v) is 18.2. The average molecular weight is 707 g/mol. The van der Waals surface area contributed by atoms with Gasteiger partial charge in [0.05, 0.1) is 17.8 Å². The van der Waals surface area contributed by atoms with Crippen LogP contribution in [0.15, 0.2) is 143 Å². The summed E-state index contributed by atoms with van der Waals surface area (Å²) in [4.78, 5) is 39.4. The molecule has 0 saturated heterocycles. The van der Waals surface area contributed by atoms with E-state index in [1.54, 1.807) is 30.3 Å². The number of hydrogen-bond acceptors (Lipinski definition) is 7. The first kappa shape index (κ1) is 34.3. The molecule has 10 nitrogen and oxygen atoms in total. The van der Waals surface area contributed by atoms with Crippen LogP contribution in [0.2, 0.25) is 0 Å². The van der Waals surface area contributed by atoms with Crippen LogP contribution in [-0.2, 0) is 10.3 Å². The van der Waals surface area contributed by atoms with Crippen LogP contribution < -0.4 is 35.9 Å². The Morgan fingerprint density at radius 1 is 0.800 bits per heavy atom. The zero-order valence-electron chi connectivity index (χ0n) is 26.7. The Hall–Kier alpha value is -5.61. The third-order valence-corrected chi connectivity index (χ3v) is 11.2. The van der Waals surface area contributed by atoms with Crippen LogP contribution >= 0.6 is 7.92 Å². The number of aryl methyl sites for hydroxylation is 1. The molecule has 1 aromatic heterocycles. The van der Waals surface area contributed by atoms with Gasteiger partial charge in [0.25, 0.3) is 5.91 Å². The van der Waals surface area contributed by atoms with Gasteiger partial charge in [0.1, 0.15) is 16.9 Å². The van der Waals surface area contributed by atoms with Gasteiger partial charge in [-0.25, -0.2) is 13.9 Å². The van der Waals surface area contributed by atoms with Crippen LogP contribution in [0.4, 0.5) is 5.69 Å². The van der Waals surface area contributed by atoms with Gasteiger partial charge in [-0.05, 0) is 67.2 Å². The van der Waals surface area contributed by atoms with Crippen molar-refractivity contribution in [3.05, 3.63) is 161 Å². The van der Waals surface area contributed by atoms with E-state index in [-0.39, 0.29) is 35.7 Å². The summed E-state index contributed by atoms with van der Waals surface area (Å²) in [5.74, 6) is -1.23. The molecular weight excluding hydrogens is 675 g/mol. The fourth-order valence-electron chi connectivity index (χ4n) is 5.35. The maximum absolute atomic E-state index is 13.7. The highest BCUT2D eigenvalue weighted by molar-refractivity contribution is 7.87. The van der Waals surface area contributed by atoms with Gasteiger partial charge in [0.2, 0.25) is 0 Å². The number of ether oxygens (including phenoxy) is 1. The third kappa shape index (κ3) is 7.82. The maximum Gasteiger partial charge on any atom is 0.360 e. The summed E-state index contributed by atoms with van der Waals surface area (Å²) >= 11 is 0. The summed E-state index contributed by atoms with van der Waals surface area (Å²) in [7, 11) is -5.71. The molecule has 2 N–H and O–H groups in total. The Kier molecular flexibility index (Phi) is 10.2. The number of amides is 1. The summed E-state index contributed by atoms with van der Waals surface area (Å²) in [5.41, 5.74) is 0.358. The van der Waals surface area contributed by atoms with Crippen molar-refractivity contribution >= 4 is 62.7 Å². The first-order chi connectivity index (χ1) is 24.1. The SMILES string of the molecule is Cc1ccc(N(CCNC(=O)c2cc3ccc(OC(=O)c4ccccc4P(c4ccccc4)c4ccccc4)cc3oc2=O)S(=O)(=O)O)cc1. The summed E-state index contributed by atoms with van der Waals surface area (Å²) in [6.07, 6.45) is 0. The van der Waals surface area contributed by atoms with E-state index < -0.39 is 35.7 Å². The predicted molar refractivity (Wildman–Crippen MR) is 195 cm³/mol. The molecule has 0 bridgehead atoms. The number of esters is 1. The molecular formula is C38H31N2O8PS. The highest BCUT2D eigenvalue weighted by Gasteiger charge is 2.24. The molecule has 50 heavy (non-hydrogen) atoms. The van der Waals surface area contributed by atoms with Gasteiger partial charge >= 0.3 is 21.9 Å². The molecule has 0 aliphatic heterocycles. The van der Waals surface area contributed by atoms with Crippen molar-refractivity contribution in [2.24, 2.45) is 0 Å². The van der Waals surface area contributed by atoms with Crippen molar-refractivity contribution in [3.8, 4) is 5.75 Å². The minimum atomic E-state index is -4.63. The summed E-state index contributed by atoms with van der Waals surface area (Å²) in [5, 5.41) is 5.86. The minimum absolute atomic E-state index is 0.0953. The first-order valence-electron chi connectivity index (χ1n) is 15.5. The van der Waals surface area contributed by atoms with Crippen molar-refractivity contribution < 1.29 is 31.7 Å². The van der Waals surface area contributed by atoms with Crippen molar-refractivity contribution in [1.29, 1.82) is 0 Å². The molecule has 0 atom stereocenters. The number of nitrogens with one attached hydrogen (secondary N) is 1. The van der Waals surface area contributed by atoms with Gasteiger partial charge in [-0.15, -0.1) is 0 Å². The number of nitrogens with zero attached hydrogens (tertiary/aromatic N) is 1. The molecule has 6 aromatic rings. The Morgan fingerprint density at radius 2 is 1.42 bits per heavy atom. The second-order valence-electron chi connectivity index (χ2n) is 11.2. The molecule has 1 amide bonds. The van der Waals surface area contributed by atoms with E-state index in [2.05, 4.69) is 5.32 Å². The largest absolute Gasteiger partial charge is 0.423 e. The Bertz CT molecular complexity index is 2290. The molecule has 252 valence electrons. The van der Waals surface area contributed by atoms with Crippen molar-refractivity contribution in [3.63, 3.8) is 0 Å². The monoisotopic (exact) mass is 706 g/mol. The highest BCUT2D eigenvalue weighted by atomic mass is 32.2. The standard InChI is InChI=1S/C38H31N2O8PS/c1-26-16-19-28(20-17-26)40(50(44,45)46)23-22-39-36(41)33-24-27-18-21-29(25-34(27)48-38(33)43)47-37(42)32-14-8-9-15-35(32)49(30-10-4-2-5-11-30)31-12-6-3-7-13-31/h2-21,24-25H,22-23H2,1H3,(H,39,41)(H,44,45,46). The molecule has 1 heterocycles. The molecule has 0 saturated carbocycles. The summed E-state index contributed by atoms with van der Waals surface area (Å²) < 4.78 is 45.6. The third-order valence-electron chi connectivity index (χ3n) is 7.76. The molecule has 6 rings (SSSR count). The van der Waals surface area contributed by atoms with Crippen molar-refractivity contribution in [2.75, 3.05) is 17.4 Å². The molecule has 0 aliphatic rings. The lowest BCUT2D eigenvalue weighted by atomic mass is 10.1. The number of carbonyl (C=O) groups is 2. The van der Waals surface area contributed by atoms with E-state index in [0.717, 1.165) is 25.8 Å². The van der Waals surface area contributed by atoms with Crippen molar-refractivity contribution in [1.82, 2.24) is 5.32 Å². The zero-order chi connectivity index (χ0) is 35.3. The average Bonchev–Trinajstić information content (AvgIpc) is 3.11. The Morgan fingerprint density at radius 3 is 2.06 bits per heavy atom. The van der Waals surface area contributed by atoms with Gasteiger partial charge in [-0.1, -0.05) is 96.6 Å².